The second-order valence-corrected chi connectivity index (χ2v) is 8.47. The summed E-state index contributed by atoms with van der Waals surface area (Å²) in [5.74, 6) is -2.52. The summed E-state index contributed by atoms with van der Waals surface area (Å²) in [7, 11) is 0. The maximum Gasteiger partial charge on any atom is 0.303 e. The lowest BCUT2D eigenvalue weighted by Gasteiger charge is -2.27. The number of aliphatic hydroxyl groups is 1. The molecule has 0 radical (unpaired) electrons. The predicted molar refractivity (Wildman–Crippen MR) is 117 cm³/mol. The van der Waals surface area contributed by atoms with E-state index in [9.17, 15) is 18.7 Å². The molecule has 1 fully saturated rings. The van der Waals surface area contributed by atoms with Gasteiger partial charge in [-0.2, -0.15) is 0 Å². The van der Waals surface area contributed by atoms with Gasteiger partial charge in [-0.1, -0.05) is 30.3 Å². The number of aliphatic hydroxyl groups excluding tert-OH is 1. The molecule has 174 valence electrons. The maximum atomic E-state index is 13.5. The van der Waals surface area contributed by atoms with Gasteiger partial charge in [0.2, 0.25) is 0 Å². The molecule has 32 heavy (non-hydrogen) atoms. The van der Waals surface area contributed by atoms with E-state index in [1.807, 2.05) is 31.2 Å². The first-order valence-corrected chi connectivity index (χ1v) is 11.1. The number of halogens is 2. The third kappa shape index (κ3) is 6.82. The Balaban J connectivity index is 1.51. The molecule has 3 atom stereocenters. The van der Waals surface area contributed by atoms with E-state index in [0.29, 0.717) is 19.4 Å². The molecule has 2 aromatic carbocycles. The van der Waals surface area contributed by atoms with Gasteiger partial charge in [-0.25, -0.2) is 8.78 Å². The van der Waals surface area contributed by atoms with Crippen molar-refractivity contribution in [1.82, 2.24) is 4.90 Å². The normalized spacial score (nSPS) is 18.6. The standard InChI is InChI=1S/C25H31F2NO4/c1-17(22-7-3-2-5-19(22)9-11-25(30)31)32-16-21(29)15-28-12-4-6-20(28)13-18-8-10-23(26)24(27)14-18/h2-3,5,7-8,10,14,17,20-21,29H,4,6,9,11-13,15-16H2,1H3,(H,30,31)/t17-,20+,21-/m1/s1. The van der Waals surface area contributed by atoms with Crippen molar-refractivity contribution < 1.29 is 28.5 Å². The van der Waals surface area contributed by atoms with Crippen molar-refractivity contribution in [2.24, 2.45) is 0 Å². The molecule has 1 aliphatic heterocycles. The Bertz CT molecular complexity index is 907. The van der Waals surface area contributed by atoms with Gasteiger partial charge < -0.3 is 14.9 Å². The van der Waals surface area contributed by atoms with Crippen LogP contribution < -0.4 is 0 Å². The first-order chi connectivity index (χ1) is 15.3. The van der Waals surface area contributed by atoms with E-state index in [4.69, 9.17) is 9.84 Å². The second kappa shape index (κ2) is 11.5. The van der Waals surface area contributed by atoms with Crippen molar-refractivity contribution in [1.29, 1.82) is 0 Å². The fraction of sp³-hybridized carbons (Fsp3) is 0.480. The highest BCUT2D eigenvalue weighted by molar-refractivity contribution is 5.67. The molecule has 0 aliphatic carbocycles. The van der Waals surface area contributed by atoms with Gasteiger partial charge in [-0.15, -0.1) is 0 Å². The molecule has 2 N–H and O–H groups in total. The van der Waals surface area contributed by atoms with Crippen LogP contribution in [0.1, 0.15) is 49.0 Å². The zero-order valence-corrected chi connectivity index (χ0v) is 18.3. The minimum Gasteiger partial charge on any atom is -0.481 e. The number of rotatable bonds is 11. The van der Waals surface area contributed by atoms with Crippen molar-refractivity contribution >= 4 is 5.97 Å². The van der Waals surface area contributed by atoms with E-state index in [-0.39, 0.29) is 25.2 Å². The third-order valence-electron chi connectivity index (χ3n) is 6.04. The van der Waals surface area contributed by atoms with E-state index < -0.39 is 23.7 Å². The molecule has 2 aromatic rings. The number of β-amino-alcohol motifs (C(OH)–C–C–N with tert-alkyl or cyclic N) is 1. The summed E-state index contributed by atoms with van der Waals surface area (Å²) in [6, 6.07) is 11.8. The Hall–Kier alpha value is -2.35. The SMILES string of the molecule is C[C@@H](OC[C@H](O)CN1CCC[C@H]1Cc1ccc(F)c(F)c1)c1ccccc1CCC(=O)O. The zero-order valence-electron chi connectivity index (χ0n) is 18.3. The van der Waals surface area contributed by atoms with E-state index >= 15 is 0 Å². The van der Waals surface area contributed by atoms with Crippen LogP contribution in [0.4, 0.5) is 8.78 Å². The van der Waals surface area contributed by atoms with Crippen molar-refractivity contribution in [2.45, 2.75) is 57.3 Å². The number of ether oxygens (including phenoxy) is 1. The predicted octanol–water partition coefficient (Wildman–Crippen LogP) is 4.13. The van der Waals surface area contributed by atoms with E-state index in [1.54, 1.807) is 6.07 Å². The molecular weight excluding hydrogens is 416 g/mol. The van der Waals surface area contributed by atoms with Crippen LogP contribution in [0.25, 0.3) is 0 Å². The second-order valence-electron chi connectivity index (χ2n) is 8.47. The Morgan fingerprint density at radius 1 is 1.22 bits per heavy atom. The number of carbonyl (C=O) groups is 1. The minimum absolute atomic E-state index is 0.0562. The molecule has 3 rings (SSSR count). The largest absolute Gasteiger partial charge is 0.481 e. The molecule has 0 saturated carbocycles. The topological polar surface area (TPSA) is 70.0 Å². The lowest BCUT2D eigenvalue weighted by molar-refractivity contribution is -0.136. The van der Waals surface area contributed by atoms with Crippen LogP contribution in [0, 0.1) is 11.6 Å². The first kappa shape index (κ1) is 24.3. The summed E-state index contributed by atoms with van der Waals surface area (Å²) in [5.41, 5.74) is 2.61. The van der Waals surface area contributed by atoms with Crippen LogP contribution in [-0.2, 0) is 22.4 Å². The fourth-order valence-corrected chi connectivity index (χ4v) is 4.37. The average Bonchev–Trinajstić information content (AvgIpc) is 3.19. The van der Waals surface area contributed by atoms with Gasteiger partial charge in [0, 0.05) is 19.0 Å². The minimum atomic E-state index is -0.844. The number of aryl methyl sites for hydroxylation is 1. The Kier molecular flexibility index (Phi) is 8.73. The van der Waals surface area contributed by atoms with Crippen molar-refractivity contribution in [3.05, 3.63) is 70.8 Å². The molecule has 1 heterocycles. The quantitative estimate of drug-likeness (QED) is 0.542. The number of nitrogens with zero attached hydrogens (tertiary/aromatic N) is 1. The number of carboxylic acids is 1. The van der Waals surface area contributed by atoms with Gasteiger partial charge in [0.25, 0.3) is 0 Å². The molecule has 0 bridgehead atoms. The van der Waals surface area contributed by atoms with Gasteiger partial charge >= 0.3 is 5.97 Å². The highest BCUT2D eigenvalue weighted by Gasteiger charge is 2.27. The summed E-state index contributed by atoms with van der Waals surface area (Å²) in [6.45, 7) is 3.34. The highest BCUT2D eigenvalue weighted by Crippen LogP contribution is 2.24. The van der Waals surface area contributed by atoms with Gasteiger partial charge in [-0.05, 0) is 68.0 Å². The number of likely N-dealkylation sites (tertiary alicyclic amines) is 1. The summed E-state index contributed by atoms with van der Waals surface area (Å²) >= 11 is 0. The van der Waals surface area contributed by atoms with E-state index in [0.717, 1.165) is 42.1 Å². The lowest BCUT2D eigenvalue weighted by Crippen LogP contribution is -2.39. The number of benzene rings is 2. The molecule has 1 saturated heterocycles. The molecule has 0 aromatic heterocycles. The Morgan fingerprint density at radius 3 is 2.75 bits per heavy atom. The zero-order chi connectivity index (χ0) is 23.1. The van der Waals surface area contributed by atoms with Gasteiger partial charge in [0.05, 0.1) is 18.8 Å². The maximum absolute atomic E-state index is 13.5. The monoisotopic (exact) mass is 447 g/mol. The Morgan fingerprint density at radius 2 is 2.00 bits per heavy atom. The van der Waals surface area contributed by atoms with Crippen LogP contribution in [0.15, 0.2) is 42.5 Å². The Labute approximate surface area is 187 Å². The molecular formula is C25H31F2NO4. The molecule has 5 nitrogen and oxygen atoms in total. The van der Waals surface area contributed by atoms with Crippen molar-refractivity contribution in [3.63, 3.8) is 0 Å². The molecule has 1 aliphatic rings. The fourth-order valence-electron chi connectivity index (χ4n) is 4.37. The molecule has 0 spiro atoms. The number of hydrogen-bond acceptors (Lipinski definition) is 4. The first-order valence-electron chi connectivity index (χ1n) is 11.1. The van der Waals surface area contributed by atoms with Gasteiger partial charge in [-0.3, -0.25) is 9.69 Å². The third-order valence-corrected chi connectivity index (χ3v) is 6.04. The summed E-state index contributed by atoms with van der Waals surface area (Å²) in [4.78, 5) is 13.1. The van der Waals surface area contributed by atoms with Crippen molar-refractivity contribution in [2.75, 3.05) is 19.7 Å². The van der Waals surface area contributed by atoms with Gasteiger partial charge in [0.15, 0.2) is 11.6 Å². The van der Waals surface area contributed by atoms with E-state index in [1.165, 1.54) is 6.07 Å². The van der Waals surface area contributed by atoms with Crippen LogP contribution in [0.3, 0.4) is 0 Å². The summed E-state index contributed by atoms with van der Waals surface area (Å²) in [5, 5.41) is 19.5. The van der Waals surface area contributed by atoms with Crippen LogP contribution in [0.2, 0.25) is 0 Å². The number of carboxylic acid groups (broad SMARTS) is 1. The van der Waals surface area contributed by atoms with E-state index in [2.05, 4.69) is 4.90 Å². The number of aliphatic carboxylic acids is 1. The lowest BCUT2D eigenvalue weighted by atomic mass is 9.99. The molecule has 0 unspecified atom stereocenters. The summed E-state index contributed by atoms with van der Waals surface area (Å²) in [6.07, 6.45) is 2.08. The van der Waals surface area contributed by atoms with Crippen LogP contribution in [0.5, 0.6) is 0 Å². The van der Waals surface area contributed by atoms with Crippen molar-refractivity contribution in [3.8, 4) is 0 Å². The van der Waals surface area contributed by atoms with Gasteiger partial charge in [0.1, 0.15) is 0 Å². The van der Waals surface area contributed by atoms with Crippen LogP contribution >= 0.6 is 0 Å². The summed E-state index contributed by atoms with van der Waals surface area (Å²) < 4.78 is 32.6. The smallest absolute Gasteiger partial charge is 0.303 e. The average molecular weight is 448 g/mol. The van der Waals surface area contributed by atoms with Crippen LogP contribution in [-0.4, -0.2) is 52.9 Å². The molecule has 7 heteroatoms. The highest BCUT2D eigenvalue weighted by atomic mass is 19.2. The number of hydrogen-bond donors (Lipinski definition) is 2. The molecule has 0 amide bonds.